The molecule has 1 aliphatic rings. The number of amides is 2. The largest absolute Gasteiger partial charge is 0.444 e. The molecule has 6 nitrogen and oxygen atoms in total. The van der Waals surface area contributed by atoms with Gasteiger partial charge in [-0.05, 0) is 76.8 Å². The van der Waals surface area contributed by atoms with E-state index in [9.17, 15) is 9.59 Å². The zero-order valence-electron chi connectivity index (χ0n) is 17.5. The molecule has 1 atom stereocenters. The van der Waals surface area contributed by atoms with Crippen LogP contribution in [0.3, 0.4) is 0 Å². The predicted octanol–water partition coefficient (Wildman–Crippen LogP) is 4.27. The van der Waals surface area contributed by atoms with Crippen LogP contribution in [-0.2, 0) is 9.53 Å². The van der Waals surface area contributed by atoms with Crippen molar-refractivity contribution in [3.63, 3.8) is 0 Å². The summed E-state index contributed by atoms with van der Waals surface area (Å²) in [6.07, 6.45) is 1.78. The molecule has 7 heteroatoms. The maximum Gasteiger partial charge on any atom is 0.410 e. The van der Waals surface area contributed by atoms with Crippen LogP contribution in [0.4, 0.5) is 10.5 Å². The van der Waals surface area contributed by atoms with Crippen LogP contribution >= 0.6 is 15.9 Å². The summed E-state index contributed by atoms with van der Waals surface area (Å²) in [5.74, 6) is 0.330. The lowest BCUT2D eigenvalue weighted by Gasteiger charge is -2.34. The van der Waals surface area contributed by atoms with E-state index in [4.69, 9.17) is 4.74 Å². The molecule has 0 aromatic heterocycles. The van der Waals surface area contributed by atoms with Crippen LogP contribution in [0.15, 0.2) is 22.7 Å². The van der Waals surface area contributed by atoms with E-state index in [0.29, 0.717) is 19.0 Å². The maximum atomic E-state index is 12.4. The standard InChI is InChI=1S/C21H32BrN3O3/c1-15-11-17(8-9-18(15)22)23-19(26)14-25-10-6-7-16(13-25)12-24(5)20(27)28-21(2,3)4/h8-9,11,16H,6-7,10,12-14H2,1-5H3,(H,23,26). The monoisotopic (exact) mass is 453 g/mol. The number of hydrogen-bond acceptors (Lipinski definition) is 4. The van der Waals surface area contributed by atoms with Crippen molar-refractivity contribution in [1.29, 1.82) is 0 Å². The molecule has 1 N–H and O–H groups in total. The summed E-state index contributed by atoms with van der Waals surface area (Å²) in [5, 5.41) is 2.97. The molecule has 1 unspecified atom stereocenters. The van der Waals surface area contributed by atoms with Crippen LogP contribution in [0.2, 0.25) is 0 Å². The van der Waals surface area contributed by atoms with Crippen molar-refractivity contribution in [2.24, 2.45) is 5.92 Å². The zero-order valence-corrected chi connectivity index (χ0v) is 19.1. The summed E-state index contributed by atoms with van der Waals surface area (Å²) in [6, 6.07) is 5.79. The average molecular weight is 454 g/mol. The van der Waals surface area contributed by atoms with Gasteiger partial charge in [-0.3, -0.25) is 9.69 Å². The van der Waals surface area contributed by atoms with Crippen LogP contribution in [0.5, 0.6) is 0 Å². The van der Waals surface area contributed by atoms with Crippen LogP contribution in [-0.4, -0.2) is 60.6 Å². The van der Waals surface area contributed by atoms with E-state index in [-0.39, 0.29) is 12.0 Å². The van der Waals surface area contributed by atoms with Gasteiger partial charge in [0.1, 0.15) is 5.60 Å². The number of carbonyl (C=O) groups excluding carboxylic acids is 2. The summed E-state index contributed by atoms with van der Waals surface area (Å²) in [4.78, 5) is 28.4. The molecule has 1 fully saturated rings. The summed E-state index contributed by atoms with van der Waals surface area (Å²) >= 11 is 3.47. The molecule has 0 bridgehead atoms. The molecule has 28 heavy (non-hydrogen) atoms. The minimum atomic E-state index is -0.493. The third-order valence-electron chi connectivity index (χ3n) is 4.65. The highest BCUT2D eigenvalue weighted by atomic mass is 79.9. The second-order valence-corrected chi connectivity index (χ2v) is 9.47. The third kappa shape index (κ3) is 7.43. The molecular formula is C21H32BrN3O3. The van der Waals surface area contributed by atoms with Gasteiger partial charge in [0.15, 0.2) is 0 Å². The van der Waals surface area contributed by atoms with Gasteiger partial charge in [0.25, 0.3) is 0 Å². The number of aryl methyl sites for hydroxylation is 1. The quantitative estimate of drug-likeness (QED) is 0.722. The van der Waals surface area contributed by atoms with Crippen LogP contribution in [0, 0.1) is 12.8 Å². The predicted molar refractivity (Wildman–Crippen MR) is 116 cm³/mol. The Morgan fingerprint density at radius 2 is 2.07 bits per heavy atom. The fourth-order valence-electron chi connectivity index (χ4n) is 3.37. The Balaban J connectivity index is 1.82. The number of carbonyl (C=O) groups is 2. The Morgan fingerprint density at radius 1 is 1.36 bits per heavy atom. The van der Waals surface area contributed by atoms with Gasteiger partial charge < -0.3 is 15.0 Å². The Labute approximate surface area is 176 Å². The molecule has 2 amide bonds. The summed E-state index contributed by atoms with van der Waals surface area (Å²) < 4.78 is 6.45. The number of hydrogen-bond donors (Lipinski definition) is 1. The molecule has 2 rings (SSSR count). The third-order valence-corrected chi connectivity index (χ3v) is 5.54. The highest BCUT2D eigenvalue weighted by Gasteiger charge is 2.26. The fourth-order valence-corrected chi connectivity index (χ4v) is 3.62. The molecule has 0 aliphatic carbocycles. The lowest BCUT2D eigenvalue weighted by atomic mass is 9.97. The van der Waals surface area contributed by atoms with E-state index in [1.165, 1.54) is 0 Å². The number of likely N-dealkylation sites (tertiary alicyclic amines) is 1. The van der Waals surface area contributed by atoms with Crippen molar-refractivity contribution < 1.29 is 14.3 Å². The second-order valence-electron chi connectivity index (χ2n) is 8.62. The zero-order chi connectivity index (χ0) is 20.9. The normalized spacial score (nSPS) is 17.9. The number of ether oxygens (including phenoxy) is 1. The number of anilines is 1. The minimum absolute atomic E-state index is 0.0112. The molecule has 1 heterocycles. The van der Waals surface area contributed by atoms with E-state index in [2.05, 4.69) is 26.1 Å². The molecule has 1 aromatic carbocycles. The molecule has 0 saturated carbocycles. The van der Waals surface area contributed by atoms with Crippen molar-refractivity contribution in [1.82, 2.24) is 9.80 Å². The van der Waals surface area contributed by atoms with Crippen molar-refractivity contribution in [3.05, 3.63) is 28.2 Å². The maximum absolute atomic E-state index is 12.4. The van der Waals surface area contributed by atoms with E-state index in [1.807, 2.05) is 45.9 Å². The number of nitrogens with one attached hydrogen (secondary N) is 1. The van der Waals surface area contributed by atoms with E-state index in [1.54, 1.807) is 11.9 Å². The van der Waals surface area contributed by atoms with Gasteiger partial charge in [0, 0.05) is 30.3 Å². The fraction of sp³-hybridized carbons (Fsp3) is 0.619. The number of benzene rings is 1. The van der Waals surface area contributed by atoms with E-state index in [0.717, 1.165) is 41.7 Å². The molecular weight excluding hydrogens is 422 g/mol. The molecule has 0 spiro atoms. The van der Waals surface area contributed by atoms with Gasteiger partial charge in [0.05, 0.1) is 6.54 Å². The van der Waals surface area contributed by atoms with Crippen LogP contribution in [0.25, 0.3) is 0 Å². The topological polar surface area (TPSA) is 61.9 Å². The van der Waals surface area contributed by atoms with Crippen LogP contribution < -0.4 is 5.32 Å². The number of piperidine rings is 1. The Morgan fingerprint density at radius 3 is 2.71 bits per heavy atom. The molecule has 1 saturated heterocycles. The van der Waals surface area contributed by atoms with Gasteiger partial charge in [-0.1, -0.05) is 15.9 Å². The first-order valence-electron chi connectivity index (χ1n) is 9.76. The first-order valence-corrected chi connectivity index (χ1v) is 10.6. The average Bonchev–Trinajstić information content (AvgIpc) is 2.57. The van der Waals surface area contributed by atoms with Crippen molar-refractivity contribution in [2.75, 3.05) is 38.5 Å². The van der Waals surface area contributed by atoms with Crippen LogP contribution in [0.1, 0.15) is 39.2 Å². The van der Waals surface area contributed by atoms with Gasteiger partial charge in [0.2, 0.25) is 5.91 Å². The van der Waals surface area contributed by atoms with E-state index < -0.39 is 5.60 Å². The van der Waals surface area contributed by atoms with Gasteiger partial charge >= 0.3 is 6.09 Å². The number of halogens is 1. The Hall–Kier alpha value is -1.60. The Bertz CT molecular complexity index is 703. The number of rotatable bonds is 5. The second kappa shape index (κ2) is 9.74. The van der Waals surface area contributed by atoms with Crippen molar-refractivity contribution in [2.45, 2.75) is 46.1 Å². The SMILES string of the molecule is Cc1cc(NC(=O)CN2CCCC(CN(C)C(=O)OC(C)(C)C)C2)ccc1Br. The van der Waals surface area contributed by atoms with Gasteiger partial charge in [-0.2, -0.15) is 0 Å². The number of nitrogens with zero attached hydrogens (tertiary/aromatic N) is 2. The first-order chi connectivity index (χ1) is 13.0. The van der Waals surface area contributed by atoms with Crippen molar-refractivity contribution in [3.8, 4) is 0 Å². The van der Waals surface area contributed by atoms with E-state index >= 15 is 0 Å². The Kier molecular flexibility index (Phi) is 7.89. The summed E-state index contributed by atoms with van der Waals surface area (Å²) in [6.45, 7) is 10.3. The van der Waals surface area contributed by atoms with Gasteiger partial charge in [-0.25, -0.2) is 4.79 Å². The summed E-state index contributed by atoms with van der Waals surface area (Å²) in [7, 11) is 1.77. The highest BCUT2D eigenvalue weighted by Crippen LogP contribution is 2.21. The molecule has 0 radical (unpaired) electrons. The lowest BCUT2D eigenvalue weighted by Crippen LogP contribution is -2.45. The molecule has 156 valence electrons. The highest BCUT2D eigenvalue weighted by molar-refractivity contribution is 9.10. The lowest BCUT2D eigenvalue weighted by molar-refractivity contribution is -0.117. The molecule has 1 aromatic rings. The molecule has 1 aliphatic heterocycles. The van der Waals surface area contributed by atoms with Crippen molar-refractivity contribution >= 4 is 33.6 Å². The smallest absolute Gasteiger partial charge is 0.410 e. The summed E-state index contributed by atoms with van der Waals surface area (Å²) in [5.41, 5.74) is 1.40. The first kappa shape index (κ1) is 22.7. The van der Waals surface area contributed by atoms with Gasteiger partial charge in [-0.15, -0.1) is 0 Å². The minimum Gasteiger partial charge on any atom is -0.444 e.